The molecule has 0 spiro atoms. The van der Waals surface area contributed by atoms with Crippen molar-refractivity contribution in [2.24, 2.45) is 0 Å². The van der Waals surface area contributed by atoms with Crippen molar-refractivity contribution in [1.82, 2.24) is 0 Å². The number of rotatable bonds is 9. The third-order valence-electron chi connectivity index (χ3n) is 5.61. The number of hydrogen-bond donors (Lipinski definition) is 1. The Morgan fingerprint density at radius 2 is 1.86 bits per heavy atom. The first-order valence-corrected chi connectivity index (χ1v) is 13.4. The zero-order valence-electron chi connectivity index (χ0n) is 19.4. The van der Waals surface area contributed by atoms with Crippen LogP contribution in [0.2, 0.25) is 0 Å². The molecule has 3 aromatic rings. The Morgan fingerprint density at radius 3 is 2.57 bits per heavy atom. The molecule has 1 heterocycles. The Morgan fingerprint density at radius 1 is 1.09 bits per heavy atom. The highest BCUT2D eigenvalue weighted by Gasteiger charge is 2.31. The lowest BCUT2D eigenvalue weighted by atomic mass is 10.1. The van der Waals surface area contributed by atoms with Gasteiger partial charge in [-0.25, -0.2) is 13.2 Å². The molecule has 184 valence electrons. The van der Waals surface area contributed by atoms with Gasteiger partial charge < -0.3 is 14.8 Å². The van der Waals surface area contributed by atoms with Gasteiger partial charge in [0, 0.05) is 10.9 Å². The number of sulfonamides is 1. The number of thiophene rings is 1. The number of carbonyl (C=O) groups is 2. The maximum Gasteiger partial charge on any atom is 0.341 e. The predicted molar refractivity (Wildman–Crippen MR) is 135 cm³/mol. The second kappa shape index (κ2) is 10.5. The van der Waals surface area contributed by atoms with E-state index in [1.54, 1.807) is 49.4 Å². The third-order valence-corrected chi connectivity index (χ3v) is 8.61. The van der Waals surface area contributed by atoms with Crippen LogP contribution in [-0.2, 0) is 32.4 Å². The number of ether oxygens (including phenoxy) is 2. The minimum atomic E-state index is -4.07. The summed E-state index contributed by atoms with van der Waals surface area (Å²) in [6.07, 6.45) is 2.52. The molecular weight excluding hydrogens is 488 g/mol. The van der Waals surface area contributed by atoms with Gasteiger partial charge in [-0.15, -0.1) is 11.3 Å². The molecule has 8 nitrogen and oxygen atoms in total. The van der Waals surface area contributed by atoms with Crippen LogP contribution in [0.5, 0.6) is 5.75 Å². The van der Waals surface area contributed by atoms with Crippen LogP contribution in [0.1, 0.15) is 34.1 Å². The number of amides is 1. The molecule has 0 bridgehead atoms. The summed E-state index contributed by atoms with van der Waals surface area (Å²) >= 11 is 1.34. The quantitative estimate of drug-likeness (QED) is 0.428. The lowest BCUT2D eigenvalue weighted by Gasteiger charge is -2.24. The fraction of sp³-hybridized carbons (Fsp3) is 0.280. The Hall–Kier alpha value is -3.37. The maximum absolute atomic E-state index is 13.5. The topological polar surface area (TPSA) is 102 Å². The molecular formula is C25H26N2O6S2. The average Bonchev–Trinajstić information content (AvgIpc) is 3.44. The van der Waals surface area contributed by atoms with Gasteiger partial charge in [-0.1, -0.05) is 24.3 Å². The van der Waals surface area contributed by atoms with Crippen LogP contribution in [-0.4, -0.2) is 40.6 Å². The van der Waals surface area contributed by atoms with Gasteiger partial charge in [0.25, 0.3) is 10.0 Å². The number of aryl methyl sites for hydroxylation is 1. The number of nitrogens with zero attached hydrogens (tertiary/aromatic N) is 1. The molecule has 0 aliphatic heterocycles. The van der Waals surface area contributed by atoms with E-state index in [0.717, 1.165) is 34.0 Å². The summed E-state index contributed by atoms with van der Waals surface area (Å²) in [7, 11) is -2.59. The smallest absolute Gasteiger partial charge is 0.341 e. The molecule has 10 heteroatoms. The first kappa shape index (κ1) is 24.7. The second-order valence-electron chi connectivity index (χ2n) is 7.86. The van der Waals surface area contributed by atoms with Crippen LogP contribution in [0.25, 0.3) is 0 Å². The van der Waals surface area contributed by atoms with Gasteiger partial charge in [-0.05, 0) is 56.0 Å². The zero-order valence-corrected chi connectivity index (χ0v) is 21.1. The number of esters is 1. The number of fused-ring (bicyclic) bond motifs is 1. The zero-order chi connectivity index (χ0) is 25.0. The fourth-order valence-corrected chi connectivity index (χ4v) is 6.74. The van der Waals surface area contributed by atoms with Crippen molar-refractivity contribution in [3.63, 3.8) is 0 Å². The van der Waals surface area contributed by atoms with E-state index >= 15 is 0 Å². The Kier molecular flexibility index (Phi) is 7.42. The Balaban J connectivity index is 1.67. The molecule has 1 aliphatic carbocycles. The van der Waals surface area contributed by atoms with Crippen LogP contribution < -0.4 is 14.4 Å². The summed E-state index contributed by atoms with van der Waals surface area (Å²) in [6.45, 7) is 1.45. The van der Waals surface area contributed by atoms with E-state index in [0.29, 0.717) is 16.3 Å². The van der Waals surface area contributed by atoms with E-state index in [2.05, 4.69) is 5.32 Å². The van der Waals surface area contributed by atoms with Gasteiger partial charge in [0.1, 0.15) is 17.3 Å². The number of nitrogens with one attached hydrogen (secondary N) is 1. The van der Waals surface area contributed by atoms with Crippen LogP contribution >= 0.6 is 11.3 Å². The van der Waals surface area contributed by atoms with E-state index in [1.807, 2.05) is 0 Å². The van der Waals surface area contributed by atoms with Crippen molar-refractivity contribution in [3.05, 3.63) is 70.6 Å². The largest absolute Gasteiger partial charge is 0.497 e. The van der Waals surface area contributed by atoms with Crippen molar-refractivity contribution in [2.75, 3.05) is 29.9 Å². The number of anilines is 2. The van der Waals surface area contributed by atoms with E-state index in [-0.39, 0.29) is 17.2 Å². The monoisotopic (exact) mass is 514 g/mol. The van der Waals surface area contributed by atoms with Crippen molar-refractivity contribution in [3.8, 4) is 5.75 Å². The van der Waals surface area contributed by atoms with E-state index in [1.165, 1.54) is 30.6 Å². The molecule has 1 aromatic heterocycles. The van der Waals surface area contributed by atoms with Gasteiger partial charge in [-0.3, -0.25) is 9.10 Å². The molecule has 1 amide bonds. The fourth-order valence-electron chi connectivity index (χ4n) is 4.01. The van der Waals surface area contributed by atoms with Gasteiger partial charge in [-0.2, -0.15) is 0 Å². The lowest BCUT2D eigenvalue weighted by molar-refractivity contribution is -0.114. The van der Waals surface area contributed by atoms with Gasteiger partial charge >= 0.3 is 5.97 Å². The molecule has 0 atom stereocenters. The number of carbonyl (C=O) groups excluding carboxylic acids is 2. The van der Waals surface area contributed by atoms with Crippen molar-refractivity contribution >= 4 is 43.9 Å². The Bertz CT molecular complexity index is 1340. The van der Waals surface area contributed by atoms with Crippen LogP contribution in [0.4, 0.5) is 10.7 Å². The van der Waals surface area contributed by atoms with Crippen molar-refractivity contribution in [1.29, 1.82) is 0 Å². The lowest BCUT2D eigenvalue weighted by Crippen LogP contribution is -2.38. The second-order valence-corrected chi connectivity index (χ2v) is 10.8. The molecule has 0 fully saturated rings. The van der Waals surface area contributed by atoms with Gasteiger partial charge in [0.15, 0.2) is 0 Å². The third kappa shape index (κ3) is 5.18. The van der Waals surface area contributed by atoms with Crippen molar-refractivity contribution in [2.45, 2.75) is 31.1 Å². The van der Waals surface area contributed by atoms with E-state index in [9.17, 15) is 18.0 Å². The molecule has 1 aliphatic rings. The summed E-state index contributed by atoms with van der Waals surface area (Å²) in [6, 6.07) is 14.4. The maximum atomic E-state index is 13.5. The van der Waals surface area contributed by atoms with E-state index in [4.69, 9.17) is 9.47 Å². The SMILES string of the molecule is CCOC(=O)c1c(NC(=O)CN(c2cccc(OC)c2)S(=O)(=O)c2ccccc2)sc2c1CCC2. The van der Waals surface area contributed by atoms with Gasteiger partial charge in [0.2, 0.25) is 5.91 Å². The molecule has 1 N–H and O–H groups in total. The molecule has 0 unspecified atom stereocenters. The van der Waals surface area contributed by atoms with Crippen molar-refractivity contribution < 1.29 is 27.5 Å². The summed E-state index contributed by atoms with van der Waals surface area (Å²) in [5.74, 6) is -0.600. The highest BCUT2D eigenvalue weighted by Crippen LogP contribution is 2.39. The molecule has 35 heavy (non-hydrogen) atoms. The number of methoxy groups -OCH3 is 1. The molecule has 0 saturated carbocycles. The average molecular weight is 515 g/mol. The standard InChI is InChI=1S/C25H26N2O6S2/c1-3-33-25(29)23-20-13-8-14-21(20)34-24(23)26-22(28)16-27(17-9-7-10-18(15-17)32-2)35(30,31)19-11-5-4-6-12-19/h4-7,9-12,15H,3,8,13-14,16H2,1-2H3,(H,26,28). The van der Waals surface area contributed by atoms with Crippen LogP contribution in [0.3, 0.4) is 0 Å². The molecule has 0 radical (unpaired) electrons. The number of hydrogen-bond acceptors (Lipinski definition) is 7. The van der Waals surface area contributed by atoms with Gasteiger partial charge in [0.05, 0.1) is 29.9 Å². The summed E-state index contributed by atoms with van der Waals surface area (Å²) in [5, 5.41) is 3.16. The molecule has 4 rings (SSSR count). The van der Waals surface area contributed by atoms with Crippen LogP contribution in [0.15, 0.2) is 59.5 Å². The normalized spacial score (nSPS) is 12.6. The summed E-state index contributed by atoms with van der Waals surface area (Å²) < 4.78 is 38.6. The highest BCUT2D eigenvalue weighted by molar-refractivity contribution is 7.92. The summed E-state index contributed by atoms with van der Waals surface area (Å²) in [5.41, 5.74) is 1.56. The first-order chi connectivity index (χ1) is 16.8. The Labute approximate surface area is 208 Å². The molecule has 0 saturated heterocycles. The summed E-state index contributed by atoms with van der Waals surface area (Å²) in [4.78, 5) is 26.9. The van der Waals surface area contributed by atoms with Crippen LogP contribution in [0, 0.1) is 0 Å². The minimum absolute atomic E-state index is 0.0536. The first-order valence-electron chi connectivity index (χ1n) is 11.2. The predicted octanol–water partition coefficient (Wildman–Crippen LogP) is 4.26. The number of benzene rings is 2. The highest BCUT2D eigenvalue weighted by atomic mass is 32.2. The minimum Gasteiger partial charge on any atom is -0.497 e. The van der Waals surface area contributed by atoms with E-state index < -0.39 is 28.4 Å². The molecule has 2 aromatic carbocycles.